The molecule has 0 radical (unpaired) electrons. The van der Waals surface area contributed by atoms with Gasteiger partial charge in [-0.05, 0) is 42.7 Å². The summed E-state index contributed by atoms with van der Waals surface area (Å²) in [5, 5.41) is 8.19. The maximum atomic E-state index is 13.4. The van der Waals surface area contributed by atoms with Gasteiger partial charge in [0, 0.05) is 38.0 Å². The van der Waals surface area contributed by atoms with Gasteiger partial charge in [-0.3, -0.25) is 19.1 Å². The minimum atomic E-state index is -4.38. The molecule has 1 aromatic heterocycles. The summed E-state index contributed by atoms with van der Waals surface area (Å²) in [7, 11) is 1.61. The molecular weight excluding hydrogens is 575 g/mol. The molecule has 2 amide bonds. The zero-order valence-corrected chi connectivity index (χ0v) is 24.7. The minimum Gasteiger partial charge on any atom is -0.493 e. The standard InChI is InChI=1S/C29H35ClF3N5O4/c1-5-42-23-12-11-19(30)15-21(23)26(40)35-17-28(2,3)16-24(39)36-25-22(13-14-34-18-29(31,32)33)37(4)38(27(25)41)20-9-7-6-8-10-20/h6-12,15,34H,5,13-14,16-18H2,1-4H3,(H,35,40)(H,36,39). The summed E-state index contributed by atoms with van der Waals surface area (Å²) >= 11 is 6.06. The van der Waals surface area contributed by atoms with Crippen molar-refractivity contribution in [1.29, 1.82) is 0 Å². The molecule has 0 saturated heterocycles. The molecule has 0 aliphatic heterocycles. The lowest BCUT2D eigenvalue weighted by Crippen LogP contribution is -2.37. The second kappa shape index (κ2) is 13.9. The molecule has 0 aliphatic rings. The van der Waals surface area contributed by atoms with Gasteiger partial charge in [-0.1, -0.05) is 43.6 Å². The van der Waals surface area contributed by atoms with Crippen molar-refractivity contribution in [3.05, 3.63) is 75.2 Å². The third kappa shape index (κ3) is 8.86. The first-order chi connectivity index (χ1) is 19.7. The second-order valence-electron chi connectivity index (χ2n) is 10.5. The van der Waals surface area contributed by atoms with E-state index in [9.17, 15) is 27.6 Å². The van der Waals surface area contributed by atoms with Crippen molar-refractivity contribution in [3.8, 4) is 11.4 Å². The third-order valence-electron chi connectivity index (χ3n) is 6.37. The van der Waals surface area contributed by atoms with E-state index in [1.54, 1.807) is 70.3 Å². The van der Waals surface area contributed by atoms with E-state index < -0.39 is 35.5 Å². The Morgan fingerprint density at radius 3 is 2.38 bits per heavy atom. The minimum absolute atomic E-state index is 0.0136. The normalized spacial score (nSPS) is 11.8. The van der Waals surface area contributed by atoms with E-state index in [1.807, 2.05) is 0 Å². The number of alkyl halides is 3. The molecule has 0 spiro atoms. The van der Waals surface area contributed by atoms with Crippen LogP contribution in [0.2, 0.25) is 5.02 Å². The fourth-order valence-electron chi connectivity index (χ4n) is 4.41. The summed E-state index contributed by atoms with van der Waals surface area (Å²) in [6.45, 7) is 4.59. The monoisotopic (exact) mass is 609 g/mol. The largest absolute Gasteiger partial charge is 0.493 e. The Morgan fingerprint density at radius 2 is 1.74 bits per heavy atom. The zero-order chi connectivity index (χ0) is 31.1. The maximum absolute atomic E-state index is 13.4. The van der Waals surface area contributed by atoms with E-state index in [4.69, 9.17) is 16.3 Å². The third-order valence-corrected chi connectivity index (χ3v) is 6.60. The molecular formula is C29H35ClF3N5O4. The second-order valence-corrected chi connectivity index (χ2v) is 10.9. The molecule has 3 rings (SSSR count). The van der Waals surface area contributed by atoms with Gasteiger partial charge in [0.15, 0.2) is 0 Å². The van der Waals surface area contributed by atoms with Crippen LogP contribution in [0, 0.1) is 5.41 Å². The number of aromatic nitrogens is 2. The summed E-state index contributed by atoms with van der Waals surface area (Å²) in [5.41, 5.74) is -0.100. The Bertz CT molecular complexity index is 1450. The van der Waals surface area contributed by atoms with Crippen molar-refractivity contribution >= 4 is 29.1 Å². The van der Waals surface area contributed by atoms with Gasteiger partial charge in [-0.15, -0.1) is 0 Å². The molecule has 1 heterocycles. The number of halogens is 4. The van der Waals surface area contributed by atoms with Crippen molar-refractivity contribution in [3.63, 3.8) is 0 Å². The number of anilines is 1. The predicted octanol–water partition coefficient (Wildman–Crippen LogP) is 4.71. The van der Waals surface area contributed by atoms with E-state index in [0.29, 0.717) is 28.8 Å². The average Bonchev–Trinajstić information content (AvgIpc) is 3.14. The number of benzene rings is 2. The number of ether oxygens (including phenoxy) is 1. The Hall–Kier alpha value is -3.77. The number of hydrogen-bond acceptors (Lipinski definition) is 5. The number of hydrogen-bond donors (Lipinski definition) is 3. The number of rotatable bonds is 13. The van der Waals surface area contributed by atoms with Gasteiger partial charge < -0.3 is 20.7 Å². The Labute approximate surface area is 247 Å². The van der Waals surface area contributed by atoms with Crippen molar-refractivity contribution in [1.82, 2.24) is 20.0 Å². The molecule has 0 fully saturated rings. The van der Waals surface area contributed by atoms with Crippen LogP contribution in [0.15, 0.2) is 53.3 Å². The van der Waals surface area contributed by atoms with Gasteiger partial charge in [0.05, 0.1) is 30.1 Å². The lowest BCUT2D eigenvalue weighted by atomic mass is 9.88. The van der Waals surface area contributed by atoms with Gasteiger partial charge >= 0.3 is 6.18 Å². The van der Waals surface area contributed by atoms with Gasteiger partial charge in [0.2, 0.25) is 5.91 Å². The van der Waals surface area contributed by atoms with Crippen molar-refractivity contribution in [2.75, 3.05) is 31.6 Å². The number of amides is 2. The molecule has 0 unspecified atom stereocenters. The molecule has 0 bridgehead atoms. The maximum Gasteiger partial charge on any atom is 0.401 e. The molecule has 42 heavy (non-hydrogen) atoms. The summed E-state index contributed by atoms with van der Waals surface area (Å²) in [6.07, 6.45) is -4.39. The molecule has 3 N–H and O–H groups in total. The van der Waals surface area contributed by atoms with Crippen molar-refractivity contribution < 1.29 is 27.5 Å². The molecule has 228 valence electrons. The van der Waals surface area contributed by atoms with E-state index in [1.165, 1.54) is 15.4 Å². The number of carbonyl (C=O) groups is 2. The smallest absolute Gasteiger partial charge is 0.401 e. The lowest BCUT2D eigenvalue weighted by Gasteiger charge is -2.24. The number of carbonyl (C=O) groups excluding carboxylic acids is 2. The summed E-state index contributed by atoms with van der Waals surface area (Å²) in [4.78, 5) is 39.5. The topological polar surface area (TPSA) is 106 Å². The van der Waals surface area contributed by atoms with E-state index in [0.717, 1.165) is 0 Å². The molecule has 9 nitrogen and oxygen atoms in total. The van der Waals surface area contributed by atoms with Gasteiger partial charge in [-0.2, -0.15) is 13.2 Å². The summed E-state index contributed by atoms with van der Waals surface area (Å²) in [5.74, 6) is -0.526. The van der Waals surface area contributed by atoms with E-state index in [-0.39, 0.29) is 37.2 Å². The predicted molar refractivity (Wildman–Crippen MR) is 156 cm³/mol. The molecule has 0 aliphatic carbocycles. The molecule has 13 heteroatoms. The summed E-state index contributed by atoms with van der Waals surface area (Å²) in [6, 6.07) is 13.4. The lowest BCUT2D eigenvalue weighted by molar-refractivity contribution is -0.124. The first-order valence-electron chi connectivity index (χ1n) is 13.4. The van der Waals surface area contributed by atoms with E-state index >= 15 is 0 Å². The first kappa shape index (κ1) is 32.7. The van der Waals surface area contributed by atoms with Crippen LogP contribution in [0.3, 0.4) is 0 Å². The van der Waals surface area contributed by atoms with Gasteiger partial charge in [0.25, 0.3) is 11.5 Å². The molecule has 0 saturated carbocycles. The van der Waals surface area contributed by atoms with Crippen LogP contribution >= 0.6 is 11.6 Å². The first-order valence-corrected chi connectivity index (χ1v) is 13.7. The Kier molecular flexibility index (Phi) is 10.9. The fraction of sp³-hybridized carbons (Fsp3) is 0.414. The van der Waals surface area contributed by atoms with Crippen LogP contribution in [0.4, 0.5) is 18.9 Å². The van der Waals surface area contributed by atoms with Crippen LogP contribution in [0.5, 0.6) is 5.75 Å². The van der Waals surface area contributed by atoms with Gasteiger partial charge in [0.1, 0.15) is 11.4 Å². The molecule has 3 aromatic rings. The Balaban J connectivity index is 1.76. The Morgan fingerprint density at radius 1 is 1.05 bits per heavy atom. The van der Waals surface area contributed by atoms with Crippen molar-refractivity contribution in [2.24, 2.45) is 12.5 Å². The highest BCUT2D eigenvalue weighted by Gasteiger charge is 2.28. The highest BCUT2D eigenvalue weighted by Crippen LogP contribution is 2.25. The number of para-hydroxylation sites is 1. The molecule has 2 aromatic carbocycles. The SMILES string of the molecule is CCOc1ccc(Cl)cc1C(=O)NCC(C)(C)CC(=O)Nc1c(CCNCC(F)(F)F)n(C)n(-c2ccccc2)c1=O. The fourth-order valence-corrected chi connectivity index (χ4v) is 4.59. The molecule has 0 atom stereocenters. The van der Waals surface area contributed by atoms with Crippen molar-refractivity contribution in [2.45, 2.75) is 39.8 Å². The zero-order valence-electron chi connectivity index (χ0n) is 23.9. The highest BCUT2D eigenvalue weighted by molar-refractivity contribution is 6.31. The highest BCUT2D eigenvalue weighted by atomic mass is 35.5. The van der Waals surface area contributed by atoms with Crippen LogP contribution in [-0.2, 0) is 18.3 Å². The van der Waals surface area contributed by atoms with E-state index in [2.05, 4.69) is 16.0 Å². The number of nitrogens with zero attached hydrogens (tertiary/aromatic N) is 2. The average molecular weight is 610 g/mol. The van der Waals surface area contributed by atoms with Crippen LogP contribution in [0.1, 0.15) is 43.2 Å². The quantitative estimate of drug-likeness (QED) is 0.244. The summed E-state index contributed by atoms with van der Waals surface area (Å²) < 4.78 is 46.3. The van der Waals surface area contributed by atoms with Crippen LogP contribution in [0.25, 0.3) is 5.69 Å². The van der Waals surface area contributed by atoms with Gasteiger partial charge in [-0.25, -0.2) is 4.68 Å². The number of nitrogens with one attached hydrogen (secondary N) is 3. The van der Waals surface area contributed by atoms with Crippen LogP contribution < -0.4 is 26.2 Å². The van der Waals surface area contributed by atoms with Crippen LogP contribution in [-0.4, -0.2) is 53.6 Å².